The van der Waals surface area contributed by atoms with Gasteiger partial charge < -0.3 is 21.1 Å². The zero-order valence-corrected chi connectivity index (χ0v) is 12.1. The van der Waals surface area contributed by atoms with Gasteiger partial charge >= 0.3 is 0 Å². The number of amides is 2. The Morgan fingerprint density at radius 1 is 1.43 bits per heavy atom. The average molecular weight is 291 g/mol. The van der Waals surface area contributed by atoms with Gasteiger partial charge in [0, 0.05) is 26.1 Å². The van der Waals surface area contributed by atoms with E-state index in [0.717, 1.165) is 12.0 Å². The first-order valence-corrected chi connectivity index (χ1v) is 7.05. The molecule has 0 aromatic heterocycles. The number of aromatic hydroxyl groups is 1. The smallest absolute Gasteiger partial charge is 0.239 e. The Kier molecular flexibility index (Phi) is 4.80. The highest BCUT2D eigenvalue weighted by molar-refractivity contribution is 5.82. The fourth-order valence-electron chi connectivity index (χ4n) is 2.57. The van der Waals surface area contributed by atoms with Gasteiger partial charge in [-0.3, -0.25) is 9.59 Å². The van der Waals surface area contributed by atoms with Crippen LogP contribution in [0.15, 0.2) is 24.3 Å². The number of nitrogens with one attached hydrogen (secondary N) is 1. The van der Waals surface area contributed by atoms with Gasteiger partial charge in [0.1, 0.15) is 5.75 Å². The van der Waals surface area contributed by atoms with Crippen molar-refractivity contribution in [2.75, 3.05) is 13.1 Å². The quantitative estimate of drug-likeness (QED) is 0.727. The lowest BCUT2D eigenvalue weighted by atomic mass is 10.1. The van der Waals surface area contributed by atoms with E-state index in [4.69, 9.17) is 5.73 Å². The Morgan fingerprint density at radius 3 is 2.71 bits per heavy atom. The van der Waals surface area contributed by atoms with Gasteiger partial charge in [-0.2, -0.15) is 0 Å². The molecule has 2 atom stereocenters. The number of hydrogen-bond acceptors (Lipinski definition) is 4. The van der Waals surface area contributed by atoms with Crippen molar-refractivity contribution in [3.8, 4) is 5.75 Å². The highest BCUT2D eigenvalue weighted by atomic mass is 16.3. The van der Waals surface area contributed by atoms with Crippen molar-refractivity contribution < 1.29 is 14.7 Å². The second-order valence-electron chi connectivity index (χ2n) is 5.45. The van der Waals surface area contributed by atoms with E-state index in [1.54, 1.807) is 29.2 Å². The molecule has 6 nitrogen and oxygen atoms in total. The van der Waals surface area contributed by atoms with Crippen molar-refractivity contribution in [2.45, 2.75) is 31.8 Å². The minimum atomic E-state index is -0.606. The summed E-state index contributed by atoms with van der Waals surface area (Å²) in [6.45, 7) is 2.61. The van der Waals surface area contributed by atoms with Gasteiger partial charge in [-0.05, 0) is 30.5 Å². The maximum absolute atomic E-state index is 12.3. The highest BCUT2D eigenvalue weighted by Gasteiger charge is 2.29. The molecule has 0 bridgehead atoms. The van der Waals surface area contributed by atoms with Crippen molar-refractivity contribution in [2.24, 2.45) is 5.73 Å². The molecule has 21 heavy (non-hydrogen) atoms. The first kappa shape index (κ1) is 15.3. The number of phenolic OH excluding ortho intramolecular Hbond substituents is 1. The van der Waals surface area contributed by atoms with Crippen molar-refractivity contribution in [1.82, 2.24) is 10.2 Å². The molecule has 1 heterocycles. The summed E-state index contributed by atoms with van der Waals surface area (Å²) in [4.78, 5) is 25.0. The van der Waals surface area contributed by atoms with Crippen molar-refractivity contribution in [1.29, 1.82) is 0 Å². The number of nitrogens with zero attached hydrogens (tertiary/aromatic N) is 1. The fraction of sp³-hybridized carbons (Fsp3) is 0.467. The normalized spacial score (nSPS) is 19.3. The third-order valence-corrected chi connectivity index (χ3v) is 3.62. The molecule has 6 heteroatoms. The van der Waals surface area contributed by atoms with E-state index >= 15 is 0 Å². The second-order valence-corrected chi connectivity index (χ2v) is 5.45. The van der Waals surface area contributed by atoms with E-state index in [9.17, 15) is 14.7 Å². The standard InChI is InChI=1S/C15H21N3O3/c1-10(19)17-12-6-7-18(9-12)15(21)14(16)8-11-2-4-13(20)5-3-11/h2-5,12,14,20H,6-9,16H2,1H3,(H,17,19)/t12?,14-/m0/s1. The van der Waals surface area contributed by atoms with Gasteiger partial charge in [0.15, 0.2) is 0 Å². The van der Waals surface area contributed by atoms with Gasteiger partial charge in [-0.15, -0.1) is 0 Å². The summed E-state index contributed by atoms with van der Waals surface area (Å²) >= 11 is 0. The Labute approximate surface area is 123 Å². The second kappa shape index (κ2) is 6.58. The number of carbonyl (C=O) groups excluding carboxylic acids is 2. The van der Waals surface area contributed by atoms with Gasteiger partial charge in [0.2, 0.25) is 11.8 Å². The number of carbonyl (C=O) groups is 2. The number of hydrogen-bond donors (Lipinski definition) is 3. The van der Waals surface area contributed by atoms with E-state index < -0.39 is 6.04 Å². The fourth-order valence-corrected chi connectivity index (χ4v) is 2.57. The van der Waals surface area contributed by atoms with Crippen LogP contribution in [-0.2, 0) is 16.0 Å². The van der Waals surface area contributed by atoms with Crippen LogP contribution < -0.4 is 11.1 Å². The van der Waals surface area contributed by atoms with Gasteiger partial charge in [-0.25, -0.2) is 0 Å². The maximum atomic E-state index is 12.3. The summed E-state index contributed by atoms with van der Waals surface area (Å²) in [7, 11) is 0. The SMILES string of the molecule is CC(=O)NC1CCN(C(=O)[C@@H](N)Cc2ccc(O)cc2)C1. The maximum Gasteiger partial charge on any atom is 0.239 e. The lowest BCUT2D eigenvalue weighted by molar-refractivity contribution is -0.131. The molecule has 2 amide bonds. The van der Waals surface area contributed by atoms with E-state index in [2.05, 4.69) is 5.32 Å². The zero-order valence-electron chi connectivity index (χ0n) is 12.1. The molecule has 4 N–H and O–H groups in total. The van der Waals surface area contributed by atoms with Gasteiger partial charge in [0.05, 0.1) is 6.04 Å². The minimum Gasteiger partial charge on any atom is -0.508 e. The molecule has 0 radical (unpaired) electrons. The molecule has 0 saturated carbocycles. The lowest BCUT2D eigenvalue weighted by Gasteiger charge is -2.21. The molecule has 1 unspecified atom stereocenters. The molecule has 1 aliphatic heterocycles. The minimum absolute atomic E-state index is 0.0207. The van der Waals surface area contributed by atoms with Crippen LogP contribution >= 0.6 is 0 Å². The Balaban J connectivity index is 1.88. The molecular formula is C15H21N3O3. The van der Waals surface area contributed by atoms with Crippen molar-refractivity contribution >= 4 is 11.8 Å². The Hall–Kier alpha value is -2.08. The summed E-state index contributed by atoms with van der Waals surface area (Å²) in [5.41, 5.74) is 6.88. The summed E-state index contributed by atoms with van der Waals surface area (Å²) in [6.07, 6.45) is 1.19. The van der Waals surface area contributed by atoms with Crippen molar-refractivity contribution in [3.05, 3.63) is 29.8 Å². The molecule has 1 aromatic carbocycles. The predicted molar refractivity (Wildman–Crippen MR) is 78.6 cm³/mol. The number of likely N-dealkylation sites (tertiary alicyclic amines) is 1. The van der Waals surface area contributed by atoms with Gasteiger partial charge in [0.25, 0.3) is 0 Å². The van der Waals surface area contributed by atoms with Crippen LogP contribution in [0, 0.1) is 0 Å². The van der Waals surface area contributed by atoms with E-state index in [1.165, 1.54) is 6.92 Å². The lowest BCUT2D eigenvalue weighted by Crippen LogP contribution is -2.45. The monoisotopic (exact) mass is 291 g/mol. The van der Waals surface area contributed by atoms with Gasteiger partial charge in [-0.1, -0.05) is 12.1 Å². The number of rotatable bonds is 4. The van der Waals surface area contributed by atoms with Crippen LogP contribution in [0.4, 0.5) is 0 Å². The van der Waals surface area contributed by atoms with Crippen LogP contribution in [0.5, 0.6) is 5.75 Å². The summed E-state index contributed by atoms with van der Waals surface area (Å²) in [5, 5.41) is 12.1. The molecule has 0 spiro atoms. The van der Waals surface area contributed by atoms with Crippen LogP contribution in [0.25, 0.3) is 0 Å². The first-order valence-electron chi connectivity index (χ1n) is 7.05. The Morgan fingerprint density at radius 2 is 2.10 bits per heavy atom. The molecule has 0 aliphatic carbocycles. The summed E-state index contributed by atoms with van der Waals surface area (Å²) < 4.78 is 0. The predicted octanol–water partition coefficient (Wildman–Crippen LogP) is -0.001000. The number of phenols is 1. The largest absolute Gasteiger partial charge is 0.508 e. The molecule has 114 valence electrons. The van der Waals surface area contributed by atoms with Crippen LogP contribution in [0.1, 0.15) is 18.9 Å². The topological polar surface area (TPSA) is 95.7 Å². The third-order valence-electron chi connectivity index (χ3n) is 3.62. The zero-order chi connectivity index (χ0) is 15.4. The molecule has 2 rings (SSSR count). The number of benzene rings is 1. The molecular weight excluding hydrogens is 270 g/mol. The molecule has 1 aromatic rings. The van der Waals surface area contributed by atoms with Crippen LogP contribution in [0.2, 0.25) is 0 Å². The molecule has 1 aliphatic rings. The highest BCUT2D eigenvalue weighted by Crippen LogP contribution is 2.14. The molecule has 1 saturated heterocycles. The van der Waals surface area contributed by atoms with E-state index in [0.29, 0.717) is 19.5 Å². The van der Waals surface area contributed by atoms with Crippen LogP contribution in [0.3, 0.4) is 0 Å². The van der Waals surface area contributed by atoms with Crippen molar-refractivity contribution in [3.63, 3.8) is 0 Å². The summed E-state index contributed by atoms with van der Waals surface area (Å²) in [5.74, 6) is 0.00922. The first-order chi connectivity index (χ1) is 9.95. The molecule has 1 fully saturated rings. The van der Waals surface area contributed by atoms with E-state index in [1.807, 2.05) is 0 Å². The summed E-state index contributed by atoms with van der Waals surface area (Å²) in [6, 6.07) is 6.08. The Bertz CT molecular complexity index is 515. The average Bonchev–Trinajstić information content (AvgIpc) is 2.88. The third kappa shape index (κ3) is 4.19. The van der Waals surface area contributed by atoms with Crippen LogP contribution in [-0.4, -0.2) is 47.0 Å². The number of nitrogens with two attached hydrogens (primary N) is 1. The van der Waals surface area contributed by atoms with E-state index in [-0.39, 0.29) is 23.6 Å².